The molecule has 0 unspecified atom stereocenters. The summed E-state index contributed by atoms with van der Waals surface area (Å²) in [5.74, 6) is 6.56. The van der Waals surface area contributed by atoms with Gasteiger partial charge in [-0.05, 0) is 81.6 Å². The number of hydrogen-bond acceptors (Lipinski definition) is 10. The summed E-state index contributed by atoms with van der Waals surface area (Å²) in [7, 11) is 0. The number of hydrogen-bond donors (Lipinski definition) is 0. The minimum absolute atomic E-state index is 0.108. The molecule has 0 amide bonds. The Balaban J connectivity index is 1.20. The molecule has 0 radical (unpaired) electrons. The summed E-state index contributed by atoms with van der Waals surface area (Å²) in [6.07, 6.45) is 24.3. The summed E-state index contributed by atoms with van der Waals surface area (Å²) in [5.41, 5.74) is 0.770. The topological polar surface area (TPSA) is 123 Å². The molecule has 0 N–H and O–H groups in total. The second kappa shape index (κ2) is 27.2. The van der Waals surface area contributed by atoms with E-state index in [2.05, 4.69) is 35.0 Å². The highest BCUT2D eigenvalue weighted by molar-refractivity contribution is 5.81. The molecular weight excluding hydrogens is 672 g/mol. The third-order valence-corrected chi connectivity index (χ3v) is 9.05. The Bertz CT molecular complexity index is 1420. The number of rotatable bonds is 26. The van der Waals surface area contributed by atoms with Gasteiger partial charge in [-0.3, -0.25) is 4.79 Å². The summed E-state index contributed by atoms with van der Waals surface area (Å²) >= 11 is 0. The van der Waals surface area contributed by atoms with Gasteiger partial charge in [-0.15, -0.1) is 0 Å². The highest BCUT2D eigenvalue weighted by Gasteiger charge is 2.28. The van der Waals surface area contributed by atoms with E-state index < -0.39 is 0 Å². The van der Waals surface area contributed by atoms with Gasteiger partial charge >= 0.3 is 17.9 Å². The molecule has 1 aromatic carbocycles. The average Bonchev–Trinajstić information content (AvgIpc) is 3.19. The minimum atomic E-state index is -0.358. The standard InChI is InChI=1S/C43H58N2O8/c1-3-41(46)51-31-17-13-9-5-7-11-15-29-49-37-26-22-36(23-27-37)43(48)53-38-24-19-35(20-25-38)21-28-40-44-33-39(34-45-40)50-30-16-12-8-6-10-14-18-32-52-42(47)4-2/h3-4,19-20,24-25,33-34,36-37H,1-2,5-18,22-23,26-27,29-32H2. The molecule has 10 heteroatoms. The predicted octanol–water partition coefficient (Wildman–Crippen LogP) is 8.66. The van der Waals surface area contributed by atoms with Crippen LogP contribution in [0.5, 0.6) is 11.5 Å². The van der Waals surface area contributed by atoms with Gasteiger partial charge in [0.2, 0.25) is 5.82 Å². The van der Waals surface area contributed by atoms with Crippen LogP contribution in [0.25, 0.3) is 0 Å². The van der Waals surface area contributed by atoms with Crippen molar-refractivity contribution in [3.63, 3.8) is 0 Å². The first-order chi connectivity index (χ1) is 26.0. The highest BCUT2D eigenvalue weighted by atomic mass is 16.5. The number of carbonyl (C=O) groups excluding carboxylic acids is 3. The van der Waals surface area contributed by atoms with Crippen molar-refractivity contribution in [2.45, 2.75) is 122 Å². The highest BCUT2D eigenvalue weighted by Crippen LogP contribution is 2.28. The van der Waals surface area contributed by atoms with Crippen molar-refractivity contribution in [2.24, 2.45) is 5.92 Å². The van der Waals surface area contributed by atoms with Crippen LogP contribution in [0.2, 0.25) is 0 Å². The summed E-state index contributed by atoms with van der Waals surface area (Å²) < 4.78 is 27.5. The van der Waals surface area contributed by atoms with Gasteiger partial charge in [-0.25, -0.2) is 19.6 Å². The zero-order valence-electron chi connectivity index (χ0n) is 31.4. The van der Waals surface area contributed by atoms with E-state index in [4.69, 9.17) is 23.7 Å². The lowest BCUT2D eigenvalue weighted by molar-refractivity contribution is -0.141. The lowest BCUT2D eigenvalue weighted by Gasteiger charge is -2.27. The van der Waals surface area contributed by atoms with Crippen LogP contribution in [-0.4, -0.2) is 60.4 Å². The second-order valence-corrected chi connectivity index (χ2v) is 13.3. The van der Waals surface area contributed by atoms with Crippen molar-refractivity contribution in [1.29, 1.82) is 0 Å². The lowest BCUT2D eigenvalue weighted by atomic mass is 9.87. The third-order valence-electron chi connectivity index (χ3n) is 9.05. The van der Waals surface area contributed by atoms with E-state index in [-0.39, 0.29) is 29.9 Å². The molecule has 0 bridgehead atoms. The number of unbranched alkanes of at least 4 members (excludes halogenated alkanes) is 12. The first-order valence-corrected chi connectivity index (χ1v) is 19.5. The van der Waals surface area contributed by atoms with Crippen LogP contribution in [0.1, 0.15) is 127 Å². The first-order valence-electron chi connectivity index (χ1n) is 19.5. The van der Waals surface area contributed by atoms with Crippen molar-refractivity contribution in [3.8, 4) is 23.3 Å². The minimum Gasteiger partial charge on any atom is -0.490 e. The van der Waals surface area contributed by atoms with Crippen LogP contribution in [-0.2, 0) is 28.6 Å². The summed E-state index contributed by atoms with van der Waals surface area (Å²) in [5, 5.41) is 0. The molecule has 1 heterocycles. The maximum absolute atomic E-state index is 12.8. The monoisotopic (exact) mass is 730 g/mol. The Morgan fingerprint density at radius 2 is 1.11 bits per heavy atom. The fraction of sp³-hybridized carbons (Fsp3) is 0.558. The first kappa shape index (κ1) is 42.9. The van der Waals surface area contributed by atoms with Crippen molar-refractivity contribution in [3.05, 3.63) is 73.4 Å². The zero-order valence-corrected chi connectivity index (χ0v) is 31.4. The number of carbonyl (C=O) groups is 3. The molecule has 3 rings (SSSR count). The Kier molecular flexibility index (Phi) is 22.0. The van der Waals surface area contributed by atoms with Gasteiger partial charge in [0.1, 0.15) is 5.75 Å². The molecule has 288 valence electrons. The zero-order chi connectivity index (χ0) is 37.8. The maximum atomic E-state index is 12.8. The smallest absolute Gasteiger partial charge is 0.330 e. The van der Waals surface area contributed by atoms with Gasteiger partial charge in [0.05, 0.1) is 44.2 Å². The third kappa shape index (κ3) is 19.8. The molecule has 0 aliphatic heterocycles. The van der Waals surface area contributed by atoms with Crippen molar-refractivity contribution in [2.75, 3.05) is 26.4 Å². The van der Waals surface area contributed by atoms with Gasteiger partial charge in [-0.1, -0.05) is 83.3 Å². The average molecular weight is 731 g/mol. The van der Waals surface area contributed by atoms with Crippen LogP contribution in [0.3, 0.4) is 0 Å². The Morgan fingerprint density at radius 3 is 1.64 bits per heavy atom. The molecule has 53 heavy (non-hydrogen) atoms. The van der Waals surface area contributed by atoms with E-state index in [1.807, 2.05) is 12.1 Å². The molecule has 1 saturated carbocycles. The fourth-order valence-corrected chi connectivity index (χ4v) is 5.93. The van der Waals surface area contributed by atoms with E-state index in [9.17, 15) is 14.4 Å². The predicted molar refractivity (Wildman–Crippen MR) is 204 cm³/mol. The summed E-state index contributed by atoms with van der Waals surface area (Å²) in [6, 6.07) is 7.17. The number of aromatic nitrogens is 2. The van der Waals surface area contributed by atoms with E-state index in [0.29, 0.717) is 37.1 Å². The quantitative estimate of drug-likeness (QED) is 0.0306. The van der Waals surface area contributed by atoms with Gasteiger partial charge in [0.15, 0.2) is 5.75 Å². The number of nitrogens with zero attached hydrogens (tertiary/aromatic N) is 2. The number of esters is 3. The van der Waals surface area contributed by atoms with Crippen LogP contribution >= 0.6 is 0 Å². The van der Waals surface area contributed by atoms with Gasteiger partial charge in [0, 0.05) is 24.3 Å². The van der Waals surface area contributed by atoms with Gasteiger partial charge in [0.25, 0.3) is 0 Å². The summed E-state index contributed by atoms with van der Waals surface area (Å²) in [4.78, 5) is 43.4. The van der Waals surface area contributed by atoms with E-state index in [1.165, 1.54) is 25.0 Å². The Hall–Kier alpha value is -4.49. The SMILES string of the molecule is C=CC(=O)OCCCCCCCCCOc1cnc(C#Cc2ccc(OC(=O)C3CCC(OCCCCCCCCCOC(=O)C=C)CC3)cc2)nc1. The Morgan fingerprint density at radius 1 is 0.623 bits per heavy atom. The molecule has 0 spiro atoms. The van der Waals surface area contributed by atoms with Crippen LogP contribution in [0, 0.1) is 17.8 Å². The molecular formula is C43H58N2O8. The lowest BCUT2D eigenvalue weighted by Crippen LogP contribution is -2.29. The van der Waals surface area contributed by atoms with Crippen LogP contribution < -0.4 is 9.47 Å². The van der Waals surface area contributed by atoms with Crippen molar-refractivity contribution in [1.82, 2.24) is 9.97 Å². The molecule has 1 fully saturated rings. The molecule has 0 atom stereocenters. The van der Waals surface area contributed by atoms with Crippen molar-refractivity contribution < 1.29 is 38.1 Å². The van der Waals surface area contributed by atoms with E-state index in [1.54, 1.807) is 24.5 Å². The number of ether oxygens (including phenoxy) is 5. The van der Waals surface area contributed by atoms with Crippen LogP contribution in [0.4, 0.5) is 0 Å². The molecule has 1 aromatic heterocycles. The van der Waals surface area contributed by atoms with E-state index in [0.717, 1.165) is 115 Å². The van der Waals surface area contributed by atoms with Gasteiger partial charge < -0.3 is 23.7 Å². The second-order valence-electron chi connectivity index (χ2n) is 13.3. The summed E-state index contributed by atoms with van der Waals surface area (Å²) in [6.45, 7) is 9.09. The number of benzene rings is 1. The maximum Gasteiger partial charge on any atom is 0.330 e. The molecule has 10 nitrogen and oxygen atoms in total. The van der Waals surface area contributed by atoms with Crippen molar-refractivity contribution >= 4 is 17.9 Å². The van der Waals surface area contributed by atoms with E-state index >= 15 is 0 Å². The van der Waals surface area contributed by atoms with Gasteiger partial charge in [-0.2, -0.15) is 0 Å². The fourth-order valence-electron chi connectivity index (χ4n) is 5.93. The molecule has 1 aliphatic carbocycles. The molecule has 1 aliphatic rings. The normalized spacial score (nSPS) is 15.0. The Labute approximate surface area is 316 Å². The van der Waals surface area contributed by atoms with Crippen LogP contribution in [0.15, 0.2) is 62.0 Å². The molecule has 0 saturated heterocycles. The largest absolute Gasteiger partial charge is 0.490 e. The molecule has 2 aromatic rings.